The zero-order valence-electron chi connectivity index (χ0n) is 10.6. The number of aliphatic carboxylic acids is 1. The molecule has 1 aromatic heterocycles. The number of primary amides is 1. The fourth-order valence-electron chi connectivity index (χ4n) is 1.43. The number of rotatable bonds is 6. The predicted octanol–water partition coefficient (Wildman–Crippen LogP) is 1.09. The first-order valence-corrected chi connectivity index (χ1v) is 6.82. The molecule has 0 radical (unpaired) electrons. The molecule has 0 spiro atoms. The molecule has 0 fully saturated rings. The molecule has 3 amide bonds. The van der Waals surface area contributed by atoms with Gasteiger partial charge in [-0.2, -0.15) is 0 Å². The molecule has 110 valence electrons. The van der Waals surface area contributed by atoms with Crippen molar-refractivity contribution in [3.8, 4) is 0 Å². The standard InChI is InChI=1S/C11H14ClN3O4S/c1-5(7-2-3-8(12)20-7)14-11(19)15-6(10(17)18)4-9(13)16/h2-3,5-6H,4H2,1H3,(H2,13,16)(H,17,18)(H2,14,15,19)/t5?,6-/m1/s1. The Bertz CT molecular complexity index is 520. The van der Waals surface area contributed by atoms with Crippen LogP contribution in [-0.4, -0.2) is 29.1 Å². The number of carboxylic acids is 1. The number of nitrogens with two attached hydrogens (primary N) is 1. The van der Waals surface area contributed by atoms with Crippen molar-refractivity contribution in [2.45, 2.75) is 25.4 Å². The number of carboxylic acid groups (broad SMARTS) is 1. The third-order valence-electron chi connectivity index (χ3n) is 2.38. The number of halogens is 1. The Morgan fingerprint density at radius 2 is 2.05 bits per heavy atom. The van der Waals surface area contributed by atoms with E-state index >= 15 is 0 Å². The lowest BCUT2D eigenvalue weighted by atomic mass is 10.2. The Morgan fingerprint density at radius 3 is 2.50 bits per heavy atom. The molecule has 1 unspecified atom stereocenters. The molecule has 7 nitrogen and oxygen atoms in total. The first-order chi connectivity index (χ1) is 9.29. The minimum Gasteiger partial charge on any atom is -0.480 e. The molecule has 0 saturated heterocycles. The average Bonchev–Trinajstić information content (AvgIpc) is 2.74. The van der Waals surface area contributed by atoms with Gasteiger partial charge in [-0.15, -0.1) is 11.3 Å². The fourth-order valence-corrected chi connectivity index (χ4v) is 2.49. The average molecular weight is 320 g/mol. The summed E-state index contributed by atoms with van der Waals surface area (Å²) in [6.45, 7) is 1.73. The number of urea groups is 1. The summed E-state index contributed by atoms with van der Waals surface area (Å²) in [5, 5.41) is 13.6. The number of hydrogen-bond donors (Lipinski definition) is 4. The number of nitrogens with one attached hydrogen (secondary N) is 2. The maximum Gasteiger partial charge on any atom is 0.326 e. The highest BCUT2D eigenvalue weighted by molar-refractivity contribution is 7.16. The fraction of sp³-hybridized carbons (Fsp3) is 0.364. The van der Waals surface area contributed by atoms with Crippen LogP contribution < -0.4 is 16.4 Å². The van der Waals surface area contributed by atoms with Gasteiger partial charge in [-0.05, 0) is 19.1 Å². The minimum absolute atomic E-state index is 0.337. The number of carbonyl (C=O) groups excluding carboxylic acids is 2. The van der Waals surface area contributed by atoms with Crippen LogP contribution in [0.2, 0.25) is 4.34 Å². The molecule has 2 atom stereocenters. The quantitative estimate of drug-likeness (QED) is 0.627. The molecule has 5 N–H and O–H groups in total. The Labute approximate surface area is 124 Å². The van der Waals surface area contributed by atoms with Crippen molar-refractivity contribution in [1.82, 2.24) is 10.6 Å². The van der Waals surface area contributed by atoms with Gasteiger partial charge < -0.3 is 21.5 Å². The van der Waals surface area contributed by atoms with Gasteiger partial charge in [0.1, 0.15) is 6.04 Å². The lowest BCUT2D eigenvalue weighted by Gasteiger charge is -2.16. The van der Waals surface area contributed by atoms with Crippen LogP contribution in [0.5, 0.6) is 0 Å². The molecule has 1 heterocycles. The maximum absolute atomic E-state index is 11.7. The number of amides is 3. The van der Waals surface area contributed by atoms with Crippen LogP contribution in [0.15, 0.2) is 12.1 Å². The van der Waals surface area contributed by atoms with Crippen molar-refractivity contribution in [3.63, 3.8) is 0 Å². The van der Waals surface area contributed by atoms with Crippen LogP contribution in [0.4, 0.5) is 4.79 Å². The molecule has 0 aliphatic carbocycles. The van der Waals surface area contributed by atoms with Gasteiger partial charge in [0.15, 0.2) is 0 Å². The Morgan fingerprint density at radius 1 is 1.40 bits per heavy atom. The normalized spacial score (nSPS) is 13.3. The maximum atomic E-state index is 11.7. The molecule has 1 aromatic rings. The van der Waals surface area contributed by atoms with Crippen molar-refractivity contribution in [3.05, 3.63) is 21.3 Å². The second-order valence-electron chi connectivity index (χ2n) is 4.04. The predicted molar refractivity (Wildman–Crippen MR) is 74.6 cm³/mol. The summed E-state index contributed by atoms with van der Waals surface area (Å²) in [5.74, 6) is -2.14. The highest BCUT2D eigenvalue weighted by Gasteiger charge is 2.23. The van der Waals surface area contributed by atoms with E-state index in [9.17, 15) is 14.4 Å². The van der Waals surface area contributed by atoms with Crippen molar-refractivity contribution in [2.24, 2.45) is 5.73 Å². The van der Waals surface area contributed by atoms with Gasteiger partial charge in [0.25, 0.3) is 0 Å². The van der Waals surface area contributed by atoms with Gasteiger partial charge >= 0.3 is 12.0 Å². The Hall–Kier alpha value is -1.80. The lowest BCUT2D eigenvalue weighted by molar-refractivity contribution is -0.140. The SMILES string of the molecule is CC(NC(=O)N[C@H](CC(N)=O)C(=O)O)c1ccc(Cl)s1. The van der Waals surface area contributed by atoms with Gasteiger partial charge in [0.2, 0.25) is 5.91 Å². The Kier molecular flexibility index (Phi) is 5.78. The molecular formula is C11H14ClN3O4S. The van der Waals surface area contributed by atoms with Crippen molar-refractivity contribution < 1.29 is 19.5 Å². The monoisotopic (exact) mass is 319 g/mol. The lowest BCUT2D eigenvalue weighted by Crippen LogP contribution is -2.48. The van der Waals surface area contributed by atoms with Crippen LogP contribution in [0.3, 0.4) is 0 Å². The topological polar surface area (TPSA) is 122 Å². The number of hydrogen-bond acceptors (Lipinski definition) is 4. The summed E-state index contributed by atoms with van der Waals surface area (Å²) in [7, 11) is 0. The molecule has 0 saturated carbocycles. The Balaban J connectivity index is 2.57. The van der Waals surface area contributed by atoms with E-state index in [1.165, 1.54) is 11.3 Å². The van der Waals surface area contributed by atoms with Crippen LogP contribution >= 0.6 is 22.9 Å². The molecule has 0 aliphatic rings. The van der Waals surface area contributed by atoms with E-state index < -0.39 is 30.4 Å². The summed E-state index contributed by atoms with van der Waals surface area (Å²) in [5.41, 5.74) is 4.91. The van der Waals surface area contributed by atoms with E-state index in [0.717, 1.165) is 4.88 Å². The van der Waals surface area contributed by atoms with Gasteiger partial charge in [0.05, 0.1) is 16.8 Å². The minimum atomic E-state index is -1.35. The van der Waals surface area contributed by atoms with Crippen LogP contribution in [-0.2, 0) is 9.59 Å². The van der Waals surface area contributed by atoms with E-state index in [4.69, 9.17) is 22.4 Å². The number of thiophene rings is 1. The van der Waals surface area contributed by atoms with E-state index in [-0.39, 0.29) is 6.04 Å². The molecular weight excluding hydrogens is 306 g/mol. The number of carbonyl (C=O) groups is 3. The summed E-state index contributed by atoms with van der Waals surface area (Å²) >= 11 is 7.09. The molecule has 0 aromatic carbocycles. The van der Waals surface area contributed by atoms with Gasteiger partial charge in [0, 0.05) is 4.88 Å². The summed E-state index contributed by atoms with van der Waals surface area (Å²) < 4.78 is 0.589. The largest absolute Gasteiger partial charge is 0.480 e. The second-order valence-corrected chi connectivity index (χ2v) is 5.79. The molecule has 20 heavy (non-hydrogen) atoms. The summed E-state index contributed by atoms with van der Waals surface area (Å²) in [4.78, 5) is 34.1. The van der Waals surface area contributed by atoms with E-state index in [0.29, 0.717) is 4.34 Å². The molecule has 0 aliphatic heterocycles. The van der Waals surface area contributed by atoms with Crippen LogP contribution in [0.25, 0.3) is 0 Å². The van der Waals surface area contributed by atoms with Gasteiger partial charge in [-0.3, -0.25) is 4.79 Å². The molecule has 1 rings (SSSR count). The van der Waals surface area contributed by atoms with E-state index in [2.05, 4.69) is 10.6 Å². The smallest absolute Gasteiger partial charge is 0.326 e. The first kappa shape index (κ1) is 16.3. The van der Waals surface area contributed by atoms with Crippen LogP contribution in [0.1, 0.15) is 24.3 Å². The highest BCUT2D eigenvalue weighted by Crippen LogP contribution is 2.26. The molecule has 0 bridgehead atoms. The second kappa shape index (κ2) is 7.11. The molecule has 9 heteroatoms. The summed E-state index contributed by atoms with van der Waals surface area (Å²) in [6.07, 6.45) is -0.470. The van der Waals surface area contributed by atoms with Gasteiger partial charge in [-0.1, -0.05) is 11.6 Å². The van der Waals surface area contributed by atoms with Crippen LogP contribution in [0, 0.1) is 0 Å². The van der Waals surface area contributed by atoms with Crippen molar-refractivity contribution in [1.29, 1.82) is 0 Å². The zero-order valence-corrected chi connectivity index (χ0v) is 12.1. The third-order valence-corrected chi connectivity index (χ3v) is 3.79. The summed E-state index contributed by atoms with van der Waals surface area (Å²) in [6, 6.07) is 1.07. The van der Waals surface area contributed by atoms with Gasteiger partial charge in [-0.25, -0.2) is 9.59 Å². The van der Waals surface area contributed by atoms with E-state index in [1.54, 1.807) is 19.1 Å². The van der Waals surface area contributed by atoms with E-state index in [1.807, 2.05) is 0 Å². The highest BCUT2D eigenvalue weighted by atomic mass is 35.5. The van der Waals surface area contributed by atoms with Crippen molar-refractivity contribution in [2.75, 3.05) is 0 Å². The third kappa shape index (κ3) is 5.06. The zero-order chi connectivity index (χ0) is 15.3. The first-order valence-electron chi connectivity index (χ1n) is 5.63. The van der Waals surface area contributed by atoms with Crippen molar-refractivity contribution >= 4 is 40.8 Å².